The minimum Gasteiger partial charge on any atom is -0.484 e. The van der Waals surface area contributed by atoms with Crippen LogP contribution in [0.3, 0.4) is 0 Å². The molecule has 4 aromatic carbocycles. The second kappa shape index (κ2) is 9.47. The number of anilines is 3. The highest BCUT2D eigenvalue weighted by atomic mass is 16.5. The molecule has 4 aromatic rings. The molecule has 2 aliphatic rings. The molecule has 0 N–H and O–H groups in total. The predicted molar refractivity (Wildman–Crippen MR) is 146 cm³/mol. The summed E-state index contributed by atoms with van der Waals surface area (Å²) >= 11 is 0. The summed E-state index contributed by atoms with van der Waals surface area (Å²) in [6.07, 6.45) is 8.40. The third kappa shape index (κ3) is 3.88. The van der Waals surface area contributed by atoms with E-state index in [-0.39, 0.29) is 12.0 Å². The lowest BCUT2D eigenvalue weighted by molar-refractivity contribution is 0.270. The van der Waals surface area contributed by atoms with E-state index in [9.17, 15) is 15.8 Å². The van der Waals surface area contributed by atoms with Gasteiger partial charge in [-0.1, -0.05) is 48.6 Å². The molecular formula is C33H20N4O. The zero-order chi connectivity index (χ0) is 26.1. The minimum atomic E-state index is 0.0213. The average molecular weight is 489 g/mol. The Morgan fingerprint density at radius 2 is 1.34 bits per heavy atom. The molecule has 0 aromatic heterocycles. The summed E-state index contributed by atoms with van der Waals surface area (Å²) in [6, 6.07) is 33.3. The lowest BCUT2D eigenvalue weighted by Gasteiger charge is -2.26. The number of hydrogen-bond donors (Lipinski definition) is 0. The van der Waals surface area contributed by atoms with Crippen molar-refractivity contribution in [3.63, 3.8) is 0 Å². The molecule has 0 saturated carbocycles. The molecule has 1 aliphatic carbocycles. The first-order chi connectivity index (χ1) is 18.7. The molecule has 38 heavy (non-hydrogen) atoms. The molecule has 0 spiro atoms. The molecule has 5 nitrogen and oxygen atoms in total. The summed E-state index contributed by atoms with van der Waals surface area (Å²) in [5.74, 6) is 1.15. The highest BCUT2D eigenvalue weighted by Gasteiger charge is 2.33. The number of allylic oxidation sites excluding steroid dienone is 2. The Morgan fingerprint density at radius 3 is 2.05 bits per heavy atom. The molecule has 0 fully saturated rings. The van der Waals surface area contributed by atoms with Crippen molar-refractivity contribution in [2.24, 2.45) is 0 Å². The van der Waals surface area contributed by atoms with Gasteiger partial charge in [-0.15, -0.1) is 0 Å². The summed E-state index contributed by atoms with van der Waals surface area (Å²) in [5, 5.41) is 28.2. The minimum absolute atomic E-state index is 0.0213. The maximum Gasteiger partial charge on any atom is 0.132 e. The second-order valence-corrected chi connectivity index (χ2v) is 9.10. The van der Waals surface area contributed by atoms with Crippen LogP contribution < -0.4 is 9.64 Å². The van der Waals surface area contributed by atoms with Crippen molar-refractivity contribution in [1.82, 2.24) is 0 Å². The van der Waals surface area contributed by atoms with Gasteiger partial charge >= 0.3 is 0 Å². The van der Waals surface area contributed by atoms with Gasteiger partial charge in [0.15, 0.2) is 0 Å². The van der Waals surface area contributed by atoms with Crippen LogP contribution in [0.2, 0.25) is 0 Å². The zero-order valence-corrected chi connectivity index (χ0v) is 20.2. The Morgan fingerprint density at radius 1 is 0.658 bits per heavy atom. The van der Waals surface area contributed by atoms with E-state index < -0.39 is 0 Å². The van der Waals surface area contributed by atoms with Gasteiger partial charge in [-0.25, -0.2) is 0 Å². The third-order valence-corrected chi connectivity index (χ3v) is 6.94. The lowest BCUT2D eigenvalue weighted by atomic mass is 9.90. The van der Waals surface area contributed by atoms with E-state index in [2.05, 4.69) is 66.8 Å². The summed E-state index contributed by atoms with van der Waals surface area (Å²) in [6.45, 7) is 0. The summed E-state index contributed by atoms with van der Waals surface area (Å²) in [5.41, 5.74) is 6.91. The molecule has 2 atom stereocenters. The number of nitrogens with zero attached hydrogens (tertiary/aromatic N) is 4. The second-order valence-electron chi connectivity index (χ2n) is 9.10. The lowest BCUT2D eigenvalue weighted by Crippen LogP contribution is -2.15. The number of hydrogen-bond acceptors (Lipinski definition) is 5. The van der Waals surface area contributed by atoms with Crippen LogP contribution in [-0.4, -0.2) is 6.10 Å². The van der Waals surface area contributed by atoms with Crippen LogP contribution >= 0.6 is 0 Å². The molecule has 0 amide bonds. The molecule has 178 valence electrons. The van der Waals surface area contributed by atoms with Crippen molar-refractivity contribution in [3.8, 4) is 35.1 Å². The van der Waals surface area contributed by atoms with Gasteiger partial charge < -0.3 is 9.64 Å². The van der Waals surface area contributed by atoms with E-state index in [0.717, 1.165) is 33.9 Å². The van der Waals surface area contributed by atoms with E-state index in [0.29, 0.717) is 16.7 Å². The standard InChI is InChI=1S/C33H20N4O/c34-19-22-8-13-26(14-9-22)37(28-17-12-24(20-35)25(18-28)21-36)27-15-10-23(11-16-27)29-5-3-6-31-30-4-1-2-7-32(30)38-33(29)31/h1-18,30,32H. The molecule has 1 aliphatic heterocycles. The van der Waals surface area contributed by atoms with Gasteiger partial charge in [0.2, 0.25) is 0 Å². The summed E-state index contributed by atoms with van der Waals surface area (Å²) in [4.78, 5) is 2.00. The van der Waals surface area contributed by atoms with Crippen LogP contribution in [0.15, 0.2) is 109 Å². The Labute approximate surface area is 221 Å². The molecule has 2 unspecified atom stereocenters. The maximum absolute atomic E-state index is 9.61. The van der Waals surface area contributed by atoms with E-state index in [1.54, 1.807) is 24.3 Å². The van der Waals surface area contributed by atoms with Crippen LogP contribution in [0.4, 0.5) is 17.1 Å². The Balaban J connectivity index is 1.42. The molecule has 0 bridgehead atoms. The van der Waals surface area contributed by atoms with E-state index in [4.69, 9.17) is 4.74 Å². The van der Waals surface area contributed by atoms with E-state index >= 15 is 0 Å². The van der Waals surface area contributed by atoms with Gasteiger partial charge in [0.1, 0.15) is 24.0 Å². The molecule has 1 heterocycles. The first kappa shape index (κ1) is 22.9. The number of benzene rings is 4. The normalized spacial score (nSPS) is 16.3. The number of rotatable bonds is 4. The molecular weight excluding hydrogens is 468 g/mol. The highest BCUT2D eigenvalue weighted by molar-refractivity contribution is 5.81. The molecule has 6 rings (SSSR count). The highest BCUT2D eigenvalue weighted by Crippen LogP contribution is 2.47. The van der Waals surface area contributed by atoms with Gasteiger partial charge in [-0.3, -0.25) is 0 Å². The summed E-state index contributed by atoms with van der Waals surface area (Å²) in [7, 11) is 0. The van der Waals surface area contributed by atoms with Gasteiger partial charge in [0.25, 0.3) is 0 Å². The largest absolute Gasteiger partial charge is 0.484 e. The quantitative estimate of drug-likeness (QED) is 0.299. The fourth-order valence-electron chi connectivity index (χ4n) is 5.08. The fourth-order valence-corrected chi connectivity index (χ4v) is 5.08. The van der Waals surface area contributed by atoms with E-state index in [1.165, 1.54) is 5.56 Å². The van der Waals surface area contributed by atoms with Crippen LogP contribution in [0.25, 0.3) is 11.1 Å². The van der Waals surface area contributed by atoms with E-state index in [1.807, 2.05) is 41.3 Å². The summed E-state index contributed by atoms with van der Waals surface area (Å²) < 4.78 is 6.35. The monoisotopic (exact) mass is 488 g/mol. The van der Waals surface area contributed by atoms with Crippen molar-refractivity contribution in [3.05, 3.63) is 131 Å². The number of ether oxygens (including phenoxy) is 1. The first-order valence-electron chi connectivity index (χ1n) is 12.2. The van der Waals surface area contributed by atoms with Crippen molar-refractivity contribution in [2.75, 3.05) is 4.90 Å². The predicted octanol–water partition coefficient (Wildman–Crippen LogP) is 7.41. The van der Waals surface area contributed by atoms with Crippen molar-refractivity contribution >= 4 is 17.1 Å². The Kier molecular flexibility index (Phi) is 5.70. The average Bonchev–Trinajstić information content (AvgIpc) is 3.37. The number of nitriles is 3. The van der Waals surface area contributed by atoms with Crippen molar-refractivity contribution in [2.45, 2.75) is 12.0 Å². The SMILES string of the molecule is N#Cc1ccc(N(c2ccc(-c3cccc4c3OC3C=CC=CC43)cc2)c2ccc(C#N)c(C#N)c2)cc1. The maximum atomic E-state index is 9.61. The van der Waals surface area contributed by atoms with Crippen LogP contribution in [0.5, 0.6) is 5.75 Å². The Hall–Kier alpha value is -5.57. The smallest absolute Gasteiger partial charge is 0.132 e. The molecule has 0 saturated heterocycles. The zero-order valence-electron chi connectivity index (χ0n) is 20.2. The third-order valence-electron chi connectivity index (χ3n) is 6.94. The molecule has 0 radical (unpaired) electrons. The first-order valence-corrected chi connectivity index (χ1v) is 12.2. The van der Waals surface area contributed by atoms with Gasteiger partial charge in [-0.2, -0.15) is 15.8 Å². The van der Waals surface area contributed by atoms with Crippen LogP contribution in [0, 0.1) is 34.0 Å². The van der Waals surface area contributed by atoms with Crippen LogP contribution in [-0.2, 0) is 0 Å². The van der Waals surface area contributed by atoms with Gasteiger partial charge in [-0.05, 0) is 66.2 Å². The molecule has 5 heteroatoms. The fraction of sp³-hybridized carbons (Fsp3) is 0.0606. The van der Waals surface area contributed by atoms with Gasteiger partial charge in [0, 0.05) is 34.1 Å². The van der Waals surface area contributed by atoms with Gasteiger partial charge in [0.05, 0.1) is 22.8 Å². The van der Waals surface area contributed by atoms with Crippen LogP contribution in [0.1, 0.15) is 28.2 Å². The van der Waals surface area contributed by atoms with Crippen molar-refractivity contribution in [1.29, 1.82) is 15.8 Å². The Bertz CT molecular complexity index is 1730. The topological polar surface area (TPSA) is 83.8 Å². The van der Waals surface area contributed by atoms with Crippen molar-refractivity contribution < 1.29 is 4.74 Å². The number of para-hydroxylation sites is 1. The number of fused-ring (bicyclic) bond motifs is 3.